The maximum atomic E-state index is 12.4. The van der Waals surface area contributed by atoms with E-state index in [1.54, 1.807) is 0 Å². The van der Waals surface area contributed by atoms with Gasteiger partial charge in [-0.3, -0.25) is 9.78 Å². The molecule has 1 atom stereocenters. The van der Waals surface area contributed by atoms with Gasteiger partial charge in [0.05, 0.1) is 22.8 Å². The van der Waals surface area contributed by atoms with Gasteiger partial charge in [0.2, 0.25) is 5.95 Å². The highest BCUT2D eigenvalue weighted by atomic mass is 79.9. The van der Waals surface area contributed by atoms with Crippen LogP contribution in [0.5, 0.6) is 0 Å². The van der Waals surface area contributed by atoms with Gasteiger partial charge in [-0.1, -0.05) is 28.1 Å². The van der Waals surface area contributed by atoms with Gasteiger partial charge in [0.15, 0.2) is 0 Å². The van der Waals surface area contributed by atoms with E-state index in [1.807, 2.05) is 24.3 Å². The highest BCUT2D eigenvalue weighted by Gasteiger charge is 2.40. The van der Waals surface area contributed by atoms with Gasteiger partial charge in [-0.25, -0.2) is 4.79 Å². The van der Waals surface area contributed by atoms with E-state index >= 15 is 0 Å². The van der Waals surface area contributed by atoms with Crippen LogP contribution in [0.1, 0.15) is 17.0 Å². The van der Waals surface area contributed by atoms with Crippen molar-refractivity contribution in [1.82, 2.24) is 9.97 Å². The molecular formula is C15H11BrN4O3. The van der Waals surface area contributed by atoms with E-state index in [4.69, 9.17) is 10.5 Å². The quantitative estimate of drug-likeness (QED) is 0.652. The molecule has 0 amide bonds. The Morgan fingerprint density at radius 2 is 2.00 bits per heavy atom. The van der Waals surface area contributed by atoms with E-state index in [0.717, 1.165) is 10.0 Å². The highest BCUT2D eigenvalue weighted by Crippen LogP contribution is 2.42. The lowest BCUT2D eigenvalue weighted by atomic mass is 9.83. The first kappa shape index (κ1) is 14.0. The first-order chi connectivity index (χ1) is 11.0. The lowest BCUT2D eigenvalue weighted by Crippen LogP contribution is -2.29. The molecule has 0 bridgehead atoms. The summed E-state index contributed by atoms with van der Waals surface area (Å²) in [5, 5.41) is 3.00. The van der Waals surface area contributed by atoms with E-state index in [2.05, 4.69) is 31.2 Å². The standard InChI is InChI=1S/C15H11BrN4O3/c16-7-3-1-6(2-4-7)9-10-8(5-23-14(10)22)18-12-11(9)13(21)20-15(17)19-12/h1-4,9H,5H2,(H4,17,18,19,20,21). The number of nitrogen functional groups attached to an aromatic ring is 1. The zero-order valence-corrected chi connectivity index (χ0v) is 13.3. The summed E-state index contributed by atoms with van der Waals surface area (Å²) in [5.74, 6) is -0.593. The molecule has 2 aromatic rings. The first-order valence-electron chi connectivity index (χ1n) is 6.87. The Bertz CT molecular complexity index is 917. The summed E-state index contributed by atoms with van der Waals surface area (Å²) in [6.07, 6.45) is 0. The molecule has 0 fully saturated rings. The number of hydrogen-bond acceptors (Lipinski definition) is 6. The summed E-state index contributed by atoms with van der Waals surface area (Å²) >= 11 is 3.38. The van der Waals surface area contributed by atoms with Crippen LogP contribution in [0.4, 0.5) is 11.8 Å². The number of anilines is 2. The van der Waals surface area contributed by atoms with Gasteiger partial charge >= 0.3 is 5.97 Å². The monoisotopic (exact) mass is 374 g/mol. The Morgan fingerprint density at radius 3 is 2.74 bits per heavy atom. The van der Waals surface area contributed by atoms with Crippen molar-refractivity contribution < 1.29 is 9.53 Å². The number of nitrogens with zero attached hydrogens (tertiary/aromatic N) is 1. The number of cyclic esters (lactones) is 1. The number of nitrogens with one attached hydrogen (secondary N) is 2. The van der Waals surface area contributed by atoms with E-state index in [1.165, 1.54) is 0 Å². The van der Waals surface area contributed by atoms with Crippen LogP contribution in [0.2, 0.25) is 0 Å². The Kier molecular flexibility index (Phi) is 3.02. The third-order valence-corrected chi connectivity index (χ3v) is 4.44. The summed E-state index contributed by atoms with van der Waals surface area (Å²) < 4.78 is 6.03. The van der Waals surface area contributed by atoms with Crippen LogP contribution in [0, 0.1) is 0 Å². The van der Waals surface area contributed by atoms with E-state index < -0.39 is 11.9 Å². The minimum absolute atomic E-state index is 0.0186. The average Bonchev–Trinajstić information content (AvgIpc) is 2.87. The molecule has 8 heteroatoms. The highest BCUT2D eigenvalue weighted by molar-refractivity contribution is 9.10. The largest absolute Gasteiger partial charge is 0.456 e. The minimum Gasteiger partial charge on any atom is -0.456 e. The lowest BCUT2D eigenvalue weighted by Gasteiger charge is -2.25. The second kappa shape index (κ2) is 4.95. The number of carbonyl (C=O) groups excluding carboxylic acids is 1. The van der Waals surface area contributed by atoms with Gasteiger partial charge in [-0.15, -0.1) is 0 Å². The predicted molar refractivity (Wildman–Crippen MR) is 86.9 cm³/mol. The van der Waals surface area contributed by atoms with Crippen LogP contribution in [-0.2, 0) is 9.53 Å². The van der Waals surface area contributed by atoms with Gasteiger partial charge < -0.3 is 15.8 Å². The van der Waals surface area contributed by atoms with Crippen LogP contribution in [0.15, 0.2) is 44.8 Å². The number of hydrogen-bond donors (Lipinski definition) is 3. The number of halogens is 1. The summed E-state index contributed by atoms with van der Waals surface area (Å²) in [6.45, 7) is 0.134. The number of nitrogens with two attached hydrogens (primary N) is 1. The van der Waals surface area contributed by atoms with Crippen molar-refractivity contribution in [1.29, 1.82) is 0 Å². The molecule has 7 nitrogen and oxygen atoms in total. The molecule has 0 saturated heterocycles. The summed E-state index contributed by atoms with van der Waals surface area (Å²) in [5.41, 5.74) is 7.47. The number of benzene rings is 1. The van der Waals surface area contributed by atoms with Crippen LogP contribution in [0.3, 0.4) is 0 Å². The fraction of sp³-hybridized carbons (Fsp3) is 0.133. The van der Waals surface area contributed by atoms with Gasteiger partial charge in [-0.2, -0.15) is 4.98 Å². The zero-order chi connectivity index (χ0) is 16.1. The summed E-state index contributed by atoms with van der Waals surface area (Å²) in [7, 11) is 0. The van der Waals surface area contributed by atoms with E-state index in [0.29, 0.717) is 22.7 Å². The van der Waals surface area contributed by atoms with Gasteiger partial charge in [0, 0.05) is 4.47 Å². The summed E-state index contributed by atoms with van der Waals surface area (Å²) in [4.78, 5) is 31.2. The van der Waals surface area contributed by atoms with Crippen LogP contribution < -0.4 is 16.6 Å². The maximum absolute atomic E-state index is 12.4. The topological polar surface area (TPSA) is 110 Å². The average molecular weight is 375 g/mol. The van der Waals surface area contributed by atoms with Crippen molar-refractivity contribution in [3.8, 4) is 0 Å². The normalized spacial score (nSPS) is 19.0. The molecule has 2 aliphatic heterocycles. The number of fused-ring (bicyclic) bond motifs is 1. The van der Waals surface area contributed by atoms with Crippen molar-refractivity contribution in [2.24, 2.45) is 0 Å². The van der Waals surface area contributed by atoms with E-state index in [9.17, 15) is 9.59 Å². The molecule has 2 aliphatic rings. The third-order valence-electron chi connectivity index (χ3n) is 3.92. The third kappa shape index (κ3) is 2.14. The first-order valence-corrected chi connectivity index (χ1v) is 7.66. The molecule has 0 radical (unpaired) electrons. The molecule has 4 rings (SSSR count). The van der Waals surface area contributed by atoms with Crippen molar-refractivity contribution in [2.45, 2.75) is 5.92 Å². The number of rotatable bonds is 1. The van der Waals surface area contributed by atoms with Crippen LogP contribution >= 0.6 is 15.9 Å². The molecule has 116 valence electrons. The molecule has 0 saturated carbocycles. The maximum Gasteiger partial charge on any atom is 0.337 e. The number of ether oxygens (including phenoxy) is 1. The van der Waals surface area contributed by atoms with Gasteiger partial charge in [-0.05, 0) is 17.7 Å². The number of H-pyrrole nitrogens is 1. The number of esters is 1. The number of aromatic amines is 1. The number of carbonyl (C=O) groups is 1. The molecular weight excluding hydrogens is 364 g/mol. The fourth-order valence-corrected chi connectivity index (χ4v) is 3.21. The molecule has 0 aliphatic carbocycles. The van der Waals surface area contributed by atoms with Crippen molar-refractivity contribution in [3.05, 3.63) is 61.5 Å². The molecule has 1 aromatic heterocycles. The Hall–Kier alpha value is -2.61. The van der Waals surface area contributed by atoms with Crippen molar-refractivity contribution >= 4 is 33.7 Å². The number of aromatic nitrogens is 2. The minimum atomic E-state index is -0.541. The Balaban J connectivity index is 1.99. The van der Waals surface area contributed by atoms with Crippen molar-refractivity contribution in [2.75, 3.05) is 17.7 Å². The van der Waals surface area contributed by atoms with Gasteiger partial charge in [0.25, 0.3) is 5.56 Å². The fourth-order valence-electron chi connectivity index (χ4n) is 2.95. The van der Waals surface area contributed by atoms with E-state index in [-0.39, 0.29) is 18.1 Å². The van der Waals surface area contributed by atoms with Crippen molar-refractivity contribution in [3.63, 3.8) is 0 Å². The molecule has 3 heterocycles. The predicted octanol–water partition coefficient (Wildman–Crippen LogP) is 1.48. The molecule has 1 unspecified atom stereocenters. The zero-order valence-electron chi connectivity index (χ0n) is 11.7. The SMILES string of the molecule is Nc1nc2c(c(=O)[nH]1)C(c1ccc(Br)cc1)C1=C(COC1=O)N2. The second-order valence-electron chi connectivity index (χ2n) is 5.29. The molecule has 1 aromatic carbocycles. The van der Waals surface area contributed by atoms with Crippen LogP contribution in [0.25, 0.3) is 0 Å². The van der Waals surface area contributed by atoms with Crippen LogP contribution in [-0.4, -0.2) is 22.5 Å². The Labute approximate surface area is 138 Å². The van der Waals surface area contributed by atoms with Gasteiger partial charge in [0.1, 0.15) is 12.4 Å². The smallest absolute Gasteiger partial charge is 0.337 e. The molecule has 0 spiro atoms. The lowest BCUT2D eigenvalue weighted by molar-refractivity contribution is -0.136. The molecule has 4 N–H and O–H groups in total. The second-order valence-corrected chi connectivity index (χ2v) is 6.21. The summed E-state index contributed by atoms with van der Waals surface area (Å²) in [6, 6.07) is 7.43. The Morgan fingerprint density at radius 1 is 1.26 bits per heavy atom. The molecule has 23 heavy (non-hydrogen) atoms.